The molecule has 0 aliphatic rings. The second kappa shape index (κ2) is 6.55. The number of nitrogens with zero attached hydrogens (tertiary/aromatic N) is 2. The van der Waals surface area contributed by atoms with Crippen LogP contribution in [0.25, 0.3) is 0 Å². The first-order chi connectivity index (χ1) is 7.65. The van der Waals surface area contributed by atoms with Crippen molar-refractivity contribution in [3.63, 3.8) is 0 Å². The molecular weight excluding hydrogens is 216 g/mol. The lowest BCUT2D eigenvalue weighted by Crippen LogP contribution is -2.19. The van der Waals surface area contributed by atoms with E-state index in [1.54, 1.807) is 20.2 Å². The van der Waals surface area contributed by atoms with E-state index in [0.717, 1.165) is 17.8 Å². The van der Waals surface area contributed by atoms with Crippen LogP contribution >= 0.6 is 0 Å². The fraction of sp³-hybridized carbons (Fsp3) is 0.700. The Morgan fingerprint density at radius 1 is 1.56 bits per heavy atom. The molecule has 0 aliphatic heterocycles. The van der Waals surface area contributed by atoms with Gasteiger partial charge in [-0.25, -0.2) is 8.78 Å². The number of hydrogen-bond donors (Lipinski definition) is 1. The summed E-state index contributed by atoms with van der Waals surface area (Å²) in [5.41, 5.74) is 1.72. The van der Waals surface area contributed by atoms with E-state index in [2.05, 4.69) is 10.4 Å². The lowest BCUT2D eigenvalue weighted by Gasteiger charge is -2.05. The maximum Gasteiger partial charge on any atom is 0.257 e. The highest BCUT2D eigenvalue weighted by atomic mass is 19.3. The van der Waals surface area contributed by atoms with Gasteiger partial charge in [0.15, 0.2) is 0 Å². The lowest BCUT2D eigenvalue weighted by molar-refractivity contribution is 0.121. The van der Waals surface area contributed by atoms with Crippen LogP contribution in [0.4, 0.5) is 8.78 Å². The van der Waals surface area contributed by atoms with Crippen LogP contribution in [0.3, 0.4) is 0 Å². The lowest BCUT2D eigenvalue weighted by atomic mass is 10.2. The fourth-order valence-corrected chi connectivity index (χ4v) is 1.37. The van der Waals surface area contributed by atoms with Crippen molar-refractivity contribution in [1.82, 2.24) is 15.1 Å². The van der Waals surface area contributed by atoms with Crippen LogP contribution in [0.15, 0.2) is 6.20 Å². The topological polar surface area (TPSA) is 39.1 Å². The molecule has 0 atom stereocenters. The van der Waals surface area contributed by atoms with E-state index >= 15 is 0 Å². The van der Waals surface area contributed by atoms with Crippen molar-refractivity contribution in [1.29, 1.82) is 0 Å². The van der Waals surface area contributed by atoms with Crippen molar-refractivity contribution in [2.24, 2.45) is 0 Å². The molecule has 0 aliphatic carbocycles. The molecule has 0 unspecified atom stereocenters. The zero-order valence-corrected chi connectivity index (χ0v) is 9.54. The van der Waals surface area contributed by atoms with E-state index in [1.807, 2.05) is 0 Å². The zero-order valence-electron chi connectivity index (χ0n) is 9.54. The van der Waals surface area contributed by atoms with Gasteiger partial charge in [0.1, 0.15) is 6.54 Å². The van der Waals surface area contributed by atoms with Gasteiger partial charge in [0.25, 0.3) is 6.43 Å². The Morgan fingerprint density at radius 3 is 2.94 bits per heavy atom. The summed E-state index contributed by atoms with van der Waals surface area (Å²) in [6.07, 6.45) is -0.745. The first-order valence-electron chi connectivity index (χ1n) is 5.14. The van der Waals surface area contributed by atoms with Crippen LogP contribution in [-0.4, -0.2) is 36.5 Å². The van der Waals surface area contributed by atoms with Crippen molar-refractivity contribution in [3.05, 3.63) is 17.5 Å². The molecule has 0 saturated carbocycles. The number of rotatable bonds is 7. The molecular formula is C10H17F2N3O. The van der Waals surface area contributed by atoms with Gasteiger partial charge in [-0.05, 0) is 6.92 Å². The molecule has 1 aromatic rings. The fourth-order valence-electron chi connectivity index (χ4n) is 1.37. The molecule has 92 valence electrons. The Morgan fingerprint density at radius 2 is 2.31 bits per heavy atom. The maximum atomic E-state index is 12.2. The summed E-state index contributed by atoms with van der Waals surface area (Å²) in [6.45, 7) is 3.44. The number of nitrogens with one attached hydrogen (secondary N) is 1. The van der Waals surface area contributed by atoms with Crippen LogP contribution in [0.1, 0.15) is 11.3 Å². The summed E-state index contributed by atoms with van der Waals surface area (Å²) in [4.78, 5) is 0. The van der Waals surface area contributed by atoms with E-state index < -0.39 is 6.43 Å². The van der Waals surface area contributed by atoms with Gasteiger partial charge in [0, 0.05) is 31.5 Å². The van der Waals surface area contributed by atoms with Crippen molar-refractivity contribution >= 4 is 0 Å². The highest BCUT2D eigenvalue weighted by Crippen LogP contribution is 2.08. The molecule has 16 heavy (non-hydrogen) atoms. The summed E-state index contributed by atoms with van der Waals surface area (Å²) < 4.78 is 30.6. The number of aromatic nitrogens is 2. The summed E-state index contributed by atoms with van der Waals surface area (Å²) in [6, 6.07) is 0. The van der Waals surface area contributed by atoms with Crippen LogP contribution in [0.2, 0.25) is 0 Å². The minimum atomic E-state index is -2.37. The summed E-state index contributed by atoms with van der Waals surface area (Å²) in [7, 11) is 1.63. The molecule has 4 nitrogen and oxygen atoms in total. The van der Waals surface area contributed by atoms with Gasteiger partial charge < -0.3 is 10.1 Å². The van der Waals surface area contributed by atoms with E-state index in [9.17, 15) is 8.78 Å². The largest absolute Gasteiger partial charge is 0.383 e. The second-order valence-electron chi connectivity index (χ2n) is 3.50. The molecule has 1 N–H and O–H groups in total. The van der Waals surface area contributed by atoms with Crippen LogP contribution in [0, 0.1) is 6.92 Å². The second-order valence-corrected chi connectivity index (χ2v) is 3.50. The monoisotopic (exact) mass is 233 g/mol. The Bertz CT molecular complexity index is 315. The third-order valence-electron chi connectivity index (χ3n) is 2.31. The van der Waals surface area contributed by atoms with Gasteiger partial charge in [-0.1, -0.05) is 0 Å². The number of alkyl halides is 2. The van der Waals surface area contributed by atoms with Crippen molar-refractivity contribution in [2.45, 2.75) is 26.4 Å². The molecule has 0 fully saturated rings. The van der Waals surface area contributed by atoms with Crippen molar-refractivity contribution < 1.29 is 13.5 Å². The highest BCUT2D eigenvalue weighted by Gasteiger charge is 2.10. The van der Waals surface area contributed by atoms with E-state index in [1.165, 1.54) is 4.68 Å². The van der Waals surface area contributed by atoms with Gasteiger partial charge in [-0.2, -0.15) is 5.10 Å². The average molecular weight is 233 g/mol. The molecule has 0 amide bonds. The van der Waals surface area contributed by atoms with Crippen LogP contribution < -0.4 is 5.32 Å². The molecule has 0 spiro atoms. The molecule has 1 aromatic heterocycles. The standard InChI is InChI=1S/C10H17F2N3O/c1-8-9(5-13-3-4-16-2)6-14-15(8)7-10(11)12/h6,10,13H,3-5,7H2,1-2H3. The highest BCUT2D eigenvalue weighted by molar-refractivity contribution is 5.15. The first kappa shape index (κ1) is 13.1. The smallest absolute Gasteiger partial charge is 0.257 e. The Kier molecular flexibility index (Phi) is 5.34. The molecule has 0 aromatic carbocycles. The SMILES string of the molecule is COCCNCc1cnn(CC(F)F)c1C. The molecule has 0 radical (unpaired) electrons. The summed E-state index contributed by atoms with van der Waals surface area (Å²) in [5, 5.41) is 7.06. The van der Waals surface area contributed by atoms with Crippen molar-refractivity contribution in [2.75, 3.05) is 20.3 Å². The molecule has 0 bridgehead atoms. The number of halogens is 2. The predicted octanol–water partition coefficient (Wildman–Crippen LogP) is 1.19. The molecule has 1 rings (SSSR count). The predicted molar refractivity (Wildman–Crippen MR) is 56.6 cm³/mol. The third kappa shape index (κ3) is 3.86. The Labute approximate surface area is 93.6 Å². The Balaban J connectivity index is 2.45. The van der Waals surface area contributed by atoms with E-state index in [4.69, 9.17) is 4.74 Å². The van der Waals surface area contributed by atoms with E-state index in [0.29, 0.717) is 13.2 Å². The molecule has 0 saturated heterocycles. The average Bonchev–Trinajstić information content (AvgIpc) is 2.56. The maximum absolute atomic E-state index is 12.2. The van der Waals surface area contributed by atoms with Crippen molar-refractivity contribution in [3.8, 4) is 0 Å². The third-order valence-corrected chi connectivity index (χ3v) is 2.31. The minimum Gasteiger partial charge on any atom is -0.383 e. The Hall–Kier alpha value is -1.01. The number of hydrogen-bond acceptors (Lipinski definition) is 3. The number of methoxy groups -OCH3 is 1. The van der Waals surface area contributed by atoms with Gasteiger partial charge in [-0.15, -0.1) is 0 Å². The van der Waals surface area contributed by atoms with Gasteiger partial charge in [-0.3, -0.25) is 4.68 Å². The minimum absolute atomic E-state index is 0.343. The van der Waals surface area contributed by atoms with Crippen LogP contribution in [-0.2, 0) is 17.8 Å². The molecule has 6 heteroatoms. The van der Waals surface area contributed by atoms with E-state index in [-0.39, 0.29) is 6.54 Å². The summed E-state index contributed by atoms with van der Waals surface area (Å²) >= 11 is 0. The summed E-state index contributed by atoms with van der Waals surface area (Å²) in [5.74, 6) is 0. The van der Waals surface area contributed by atoms with Crippen LogP contribution in [0.5, 0.6) is 0 Å². The zero-order chi connectivity index (χ0) is 12.0. The normalized spacial score (nSPS) is 11.3. The molecule has 1 heterocycles. The van der Waals surface area contributed by atoms with Gasteiger partial charge in [0.05, 0.1) is 12.8 Å². The number of ether oxygens (including phenoxy) is 1. The van der Waals surface area contributed by atoms with Gasteiger partial charge in [0.2, 0.25) is 0 Å². The van der Waals surface area contributed by atoms with Gasteiger partial charge >= 0.3 is 0 Å². The quantitative estimate of drug-likeness (QED) is 0.719. The first-order valence-corrected chi connectivity index (χ1v) is 5.14.